The molecule has 130 valence electrons. The van der Waals surface area contributed by atoms with E-state index in [1.54, 1.807) is 17.1 Å². The number of hydrogen-bond donors (Lipinski definition) is 0. The average molecular weight is 354 g/mol. The van der Waals surface area contributed by atoms with Gasteiger partial charge in [0.15, 0.2) is 0 Å². The molecule has 3 aromatic rings. The smallest absolute Gasteiger partial charge is 0.271 e. The number of nitrogens with zero attached hydrogens (tertiary/aromatic N) is 4. The number of hydrogen-bond acceptors (Lipinski definition) is 5. The predicted octanol–water partition coefficient (Wildman–Crippen LogP) is 3.39. The first-order valence-corrected chi connectivity index (χ1v) is 9.69. The molecule has 0 N–H and O–H groups in total. The standard InChI is InChI=1S/C19H22N4OS/c1-14-12-25-18-17(14)21-13-23(19(18)24)11-16(15-6-5-7-20-10-15)22-8-3-2-4-9-22/h5-7,10,12-13,16H,2-4,8-9,11H2,1H3/t16-/m0/s1. The molecule has 1 aliphatic rings. The molecule has 0 aromatic carbocycles. The van der Waals surface area contributed by atoms with Gasteiger partial charge in [-0.3, -0.25) is 19.2 Å². The number of aryl methyl sites for hydroxylation is 1. The third-order valence-electron chi connectivity index (χ3n) is 4.99. The van der Waals surface area contributed by atoms with Crippen LogP contribution in [-0.2, 0) is 6.54 Å². The Hall–Kier alpha value is -2.05. The van der Waals surface area contributed by atoms with Gasteiger partial charge in [-0.1, -0.05) is 12.5 Å². The Bertz CT molecular complexity index is 912. The maximum Gasteiger partial charge on any atom is 0.271 e. The summed E-state index contributed by atoms with van der Waals surface area (Å²) >= 11 is 1.49. The van der Waals surface area contributed by atoms with Gasteiger partial charge < -0.3 is 0 Å². The minimum Gasteiger partial charge on any atom is -0.296 e. The van der Waals surface area contributed by atoms with Gasteiger partial charge in [-0.2, -0.15) is 0 Å². The lowest BCUT2D eigenvalue weighted by molar-refractivity contribution is 0.147. The topological polar surface area (TPSA) is 51.0 Å². The van der Waals surface area contributed by atoms with Gasteiger partial charge in [-0.15, -0.1) is 11.3 Å². The quantitative estimate of drug-likeness (QED) is 0.721. The highest BCUT2D eigenvalue weighted by atomic mass is 32.1. The highest BCUT2D eigenvalue weighted by Crippen LogP contribution is 2.26. The molecule has 0 spiro atoms. The van der Waals surface area contributed by atoms with Gasteiger partial charge in [0, 0.05) is 18.9 Å². The summed E-state index contributed by atoms with van der Waals surface area (Å²) in [5.41, 5.74) is 3.14. The lowest BCUT2D eigenvalue weighted by atomic mass is 10.0. The highest BCUT2D eigenvalue weighted by molar-refractivity contribution is 7.17. The zero-order chi connectivity index (χ0) is 17.2. The van der Waals surface area contributed by atoms with Crippen molar-refractivity contribution in [3.63, 3.8) is 0 Å². The molecular weight excluding hydrogens is 332 g/mol. The normalized spacial score (nSPS) is 17.0. The largest absolute Gasteiger partial charge is 0.296 e. The fourth-order valence-corrected chi connectivity index (χ4v) is 4.56. The summed E-state index contributed by atoms with van der Waals surface area (Å²) in [6, 6.07) is 4.24. The number of likely N-dealkylation sites (tertiary alicyclic amines) is 1. The molecule has 1 fully saturated rings. The number of thiophene rings is 1. The van der Waals surface area contributed by atoms with Crippen LogP contribution in [0, 0.1) is 6.92 Å². The van der Waals surface area contributed by atoms with Crippen molar-refractivity contribution < 1.29 is 0 Å². The monoisotopic (exact) mass is 354 g/mol. The predicted molar refractivity (Wildman–Crippen MR) is 101 cm³/mol. The molecule has 0 aliphatic carbocycles. The Morgan fingerprint density at radius 3 is 2.88 bits per heavy atom. The molecular formula is C19H22N4OS. The number of piperidine rings is 1. The van der Waals surface area contributed by atoms with Crippen molar-refractivity contribution in [2.75, 3.05) is 13.1 Å². The molecule has 3 aromatic heterocycles. The van der Waals surface area contributed by atoms with Crippen molar-refractivity contribution in [1.82, 2.24) is 19.4 Å². The number of rotatable bonds is 4. The molecule has 0 saturated carbocycles. The fourth-order valence-electron chi connectivity index (χ4n) is 3.61. The first-order valence-electron chi connectivity index (χ1n) is 8.81. The van der Waals surface area contributed by atoms with Crippen LogP contribution in [0.25, 0.3) is 10.2 Å². The van der Waals surface area contributed by atoms with Crippen molar-refractivity contribution >= 4 is 21.6 Å². The van der Waals surface area contributed by atoms with E-state index in [0.717, 1.165) is 28.9 Å². The second kappa shape index (κ2) is 7.06. The first-order chi connectivity index (χ1) is 12.2. The van der Waals surface area contributed by atoms with Crippen molar-refractivity contribution in [1.29, 1.82) is 0 Å². The van der Waals surface area contributed by atoms with E-state index in [9.17, 15) is 4.79 Å². The van der Waals surface area contributed by atoms with Crippen molar-refractivity contribution in [3.8, 4) is 0 Å². The van der Waals surface area contributed by atoms with E-state index in [2.05, 4.69) is 20.9 Å². The highest BCUT2D eigenvalue weighted by Gasteiger charge is 2.24. The second-order valence-corrected chi connectivity index (χ2v) is 7.58. The van der Waals surface area contributed by atoms with Crippen LogP contribution in [0.15, 0.2) is 41.0 Å². The van der Waals surface area contributed by atoms with Gasteiger partial charge >= 0.3 is 0 Å². The van der Waals surface area contributed by atoms with E-state index in [1.807, 2.05) is 24.6 Å². The Morgan fingerprint density at radius 1 is 1.28 bits per heavy atom. The summed E-state index contributed by atoms with van der Waals surface area (Å²) in [5.74, 6) is 0. The van der Waals surface area contributed by atoms with E-state index in [1.165, 1.54) is 36.2 Å². The molecule has 0 radical (unpaired) electrons. The minimum atomic E-state index is 0.0639. The molecule has 6 heteroatoms. The van der Waals surface area contributed by atoms with Crippen molar-refractivity contribution in [3.05, 3.63) is 57.7 Å². The maximum atomic E-state index is 12.9. The van der Waals surface area contributed by atoms with Gasteiger partial charge in [-0.05, 0) is 55.4 Å². The summed E-state index contributed by atoms with van der Waals surface area (Å²) < 4.78 is 2.52. The third kappa shape index (κ3) is 3.24. The van der Waals surface area contributed by atoms with E-state index < -0.39 is 0 Å². The Morgan fingerprint density at radius 2 is 2.12 bits per heavy atom. The molecule has 0 amide bonds. The molecule has 4 heterocycles. The van der Waals surface area contributed by atoms with Gasteiger partial charge in [0.1, 0.15) is 4.70 Å². The Kier molecular flexibility index (Phi) is 4.63. The van der Waals surface area contributed by atoms with Crippen molar-refractivity contribution in [2.45, 2.75) is 38.8 Å². The molecule has 5 nitrogen and oxygen atoms in total. The fraction of sp³-hybridized carbons (Fsp3) is 0.421. The zero-order valence-corrected chi connectivity index (χ0v) is 15.2. The summed E-state index contributed by atoms with van der Waals surface area (Å²) in [5, 5.41) is 2.01. The van der Waals surface area contributed by atoms with Crippen molar-refractivity contribution in [2.24, 2.45) is 0 Å². The SMILES string of the molecule is Cc1csc2c(=O)n(C[C@@H](c3cccnc3)N3CCCCC3)cnc12. The second-order valence-electron chi connectivity index (χ2n) is 6.70. The van der Waals surface area contributed by atoms with E-state index in [-0.39, 0.29) is 11.6 Å². The third-order valence-corrected chi connectivity index (χ3v) is 6.07. The Labute approximate surface area is 151 Å². The van der Waals surface area contributed by atoms with Gasteiger partial charge in [0.2, 0.25) is 0 Å². The van der Waals surface area contributed by atoms with E-state index >= 15 is 0 Å². The van der Waals surface area contributed by atoms with Crippen LogP contribution >= 0.6 is 11.3 Å². The minimum absolute atomic E-state index is 0.0639. The summed E-state index contributed by atoms with van der Waals surface area (Å²) in [7, 11) is 0. The summed E-state index contributed by atoms with van der Waals surface area (Å²) in [6.45, 7) is 4.76. The van der Waals surface area contributed by atoms with Gasteiger partial charge in [0.05, 0.1) is 17.9 Å². The van der Waals surface area contributed by atoms with Crippen LogP contribution in [0.2, 0.25) is 0 Å². The van der Waals surface area contributed by atoms with Gasteiger partial charge in [0.25, 0.3) is 5.56 Å². The summed E-state index contributed by atoms with van der Waals surface area (Å²) in [6.07, 6.45) is 9.15. The van der Waals surface area contributed by atoms with E-state index in [0.29, 0.717) is 6.54 Å². The van der Waals surface area contributed by atoms with Crippen LogP contribution in [0.1, 0.15) is 36.4 Å². The van der Waals surface area contributed by atoms with Crippen LogP contribution in [-0.4, -0.2) is 32.5 Å². The number of aromatic nitrogens is 3. The molecule has 1 saturated heterocycles. The Balaban J connectivity index is 1.71. The maximum absolute atomic E-state index is 12.9. The van der Waals surface area contributed by atoms with E-state index in [4.69, 9.17) is 0 Å². The lowest BCUT2D eigenvalue weighted by Gasteiger charge is -2.35. The lowest BCUT2D eigenvalue weighted by Crippen LogP contribution is -2.37. The summed E-state index contributed by atoms with van der Waals surface area (Å²) in [4.78, 5) is 24.2. The molecule has 25 heavy (non-hydrogen) atoms. The molecule has 1 aliphatic heterocycles. The van der Waals surface area contributed by atoms with Crippen LogP contribution in [0.5, 0.6) is 0 Å². The van der Waals surface area contributed by atoms with Crippen LogP contribution in [0.3, 0.4) is 0 Å². The van der Waals surface area contributed by atoms with Crippen LogP contribution < -0.4 is 5.56 Å². The number of pyridine rings is 1. The van der Waals surface area contributed by atoms with Crippen LogP contribution in [0.4, 0.5) is 0 Å². The zero-order valence-electron chi connectivity index (χ0n) is 14.4. The van der Waals surface area contributed by atoms with Gasteiger partial charge in [-0.25, -0.2) is 4.98 Å². The molecule has 4 rings (SSSR count). The first kappa shape index (κ1) is 16.4. The molecule has 0 unspecified atom stereocenters. The average Bonchev–Trinajstić information content (AvgIpc) is 3.04. The number of fused-ring (bicyclic) bond motifs is 1. The molecule has 1 atom stereocenters. The molecule has 0 bridgehead atoms.